The molecular formula is C29H33N5O4. The van der Waals surface area contributed by atoms with E-state index in [-0.39, 0.29) is 24.8 Å². The second-order valence-corrected chi connectivity index (χ2v) is 10.7. The molecule has 38 heavy (non-hydrogen) atoms. The summed E-state index contributed by atoms with van der Waals surface area (Å²) in [6, 6.07) is 12.6. The van der Waals surface area contributed by atoms with E-state index in [0.29, 0.717) is 48.4 Å². The van der Waals surface area contributed by atoms with Gasteiger partial charge in [0.05, 0.1) is 35.1 Å². The number of nitrogens with one attached hydrogen (secondary N) is 1. The van der Waals surface area contributed by atoms with Crippen LogP contribution < -0.4 is 5.32 Å². The first-order valence-electron chi connectivity index (χ1n) is 13.3. The van der Waals surface area contributed by atoms with Gasteiger partial charge in [-0.3, -0.25) is 29.6 Å². The maximum atomic E-state index is 13.1. The Morgan fingerprint density at radius 2 is 1.87 bits per heavy atom. The van der Waals surface area contributed by atoms with E-state index in [9.17, 15) is 19.5 Å². The predicted molar refractivity (Wildman–Crippen MR) is 138 cm³/mol. The Bertz CT molecular complexity index is 1310. The van der Waals surface area contributed by atoms with Crippen LogP contribution in [0.2, 0.25) is 0 Å². The number of carbonyl (C=O) groups is 3. The van der Waals surface area contributed by atoms with Crippen molar-refractivity contribution >= 4 is 17.7 Å². The van der Waals surface area contributed by atoms with Gasteiger partial charge in [-0.1, -0.05) is 26.0 Å². The molecule has 3 aliphatic rings. The number of piperidine rings is 2. The molecular weight excluding hydrogens is 482 g/mol. The van der Waals surface area contributed by atoms with Crippen LogP contribution in [0.4, 0.5) is 0 Å². The highest BCUT2D eigenvalue weighted by Crippen LogP contribution is 2.50. The average Bonchev–Trinajstić information content (AvgIpc) is 3.25. The molecule has 0 radical (unpaired) electrons. The summed E-state index contributed by atoms with van der Waals surface area (Å²) in [5.74, 6) is -1.04. The summed E-state index contributed by atoms with van der Waals surface area (Å²) < 4.78 is 0. The average molecular weight is 516 g/mol. The molecule has 0 bridgehead atoms. The molecule has 1 aromatic heterocycles. The molecule has 0 saturated carbocycles. The van der Waals surface area contributed by atoms with E-state index >= 15 is 0 Å². The number of aromatic nitrogens is 1. The highest BCUT2D eigenvalue weighted by Gasteiger charge is 2.54. The summed E-state index contributed by atoms with van der Waals surface area (Å²) in [6.45, 7) is 6.48. The number of aliphatic hydroxyl groups is 1. The van der Waals surface area contributed by atoms with Gasteiger partial charge in [0.2, 0.25) is 11.8 Å². The van der Waals surface area contributed by atoms with E-state index in [1.807, 2.05) is 24.3 Å². The molecule has 2 N–H and O–H groups in total. The van der Waals surface area contributed by atoms with Crippen molar-refractivity contribution in [3.05, 3.63) is 64.5 Å². The van der Waals surface area contributed by atoms with Crippen molar-refractivity contribution in [3.63, 3.8) is 0 Å². The number of nitrogens with zero attached hydrogens (tertiary/aromatic N) is 4. The van der Waals surface area contributed by atoms with Gasteiger partial charge in [-0.15, -0.1) is 0 Å². The third-order valence-corrected chi connectivity index (χ3v) is 8.83. The van der Waals surface area contributed by atoms with Crippen LogP contribution in [0.5, 0.6) is 0 Å². The van der Waals surface area contributed by atoms with Gasteiger partial charge in [-0.05, 0) is 55.5 Å². The Morgan fingerprint density at radius 1 is 1.13 bits per heavy atom. The van der Waals surface area contributed by atoms with Crippen molar-refractivity contribution in [3.8, 4) is 6.07 Å². The minimum atomic E-state index is -1.17. The van der Waals surface area contributed by atoms with Crippen molar-refractivity contribution in [2.45, 2.75) is 70.7 Å². The monoisotopic (exact) mass is 515 g/mol. The first-order chi connectivity index (χ1) is 18.2. The van der Waals surface area contributed by atoms with Gasteiger partial charge in [0.25, 0.3) is 5.91 Å². The molecule has 0 spiro atoms. The first-order valence-corrected chi connectivity index (χ1v) is 13.3. The number of amides is 3. The Kier molecular flexibility index (Phi) is 6.80. The maximum Gasteiger partial charge on any atom is 0.256 e. The minimum absolute atomic E-state index is 0.181. The molecule has 198 valence electrons. The van der Waals surface area contributed by atoms with E-state index in [0.717, 1.165) is 24.9 Å². The molecule has 3 amide bonds. The predicted octanol–water partition coefficient (Wildman–Crippen LogP) is 2.61. The lowest BCUT2D eigenvalue weighted by Gasteiger charge is -2.53. The van der Waals surface area contributed by atoms with Gasteiger partial charge in [-0.2, -0.15) is 5.26 Å². The van der Waals surface area contributed by atoms with Crippen LogP contribution in [0.15, 0.2) is 36.4 Å². The Morgan fingerprint density at radius 3 is 2.53 bits per heavy atom. The van der Waals surface area contributed by atoms with Crippen molar-refractivity contribution in [1.29, 1.82) is 5.26 Å². The quantitative estimate of drug-likeness (QED) is 0.566. The highest BCUT2D eigenvalue weighted by molar-refractivity contribution is 6.05. The SMILES string of the molecule is CCC1(CC)CN(Cc2ccc(C#N)cc2)CC[C@@]1(O)c1ccc2c(n1)CN([C@H]1CCC(=O)NC1=O)C2=O. The first kappa shape index (κ1) is 26.0. The molecule has 0 unspecified atom stereocenters. The minimum Gasteiger partial charge on any atom is -0.383 e. The Labute approximate surface area is 222 Å². The van der Waals surface area contributed by atoms with Crippen LogP contribution in [-0.4, -0.2) is 56.7 Å². The van der Waals surface area contributed by atoms with E-state index < -0.39 is 23.0 Å². The lowest BCUT2D eigenvalue weighted by atomic mass is 9.62. The van der Waals surface area contributed by atoms with Crippen LogP contribution in [0, 0.1) is 16.7 Å². The van der Waals surface area contributed by atoms with Gasteiger partial charge in [0.15, 0.2) is 0 Å². The normalized spacial score (nSPS) is 25.2. The summed E-state index contributed by atoms with van der Waals surface area (Å²) in [4.78, 5) is 45.8. The fraction of sp³-hybridized carbons (Fsp3) is 0.483. The number of carbonyl (C=O) groups excluding carboxylic acids is 3. The van der Waals surface area contributed by atoms with Gasteiger partial charge in [-0.25, -0.2) is 0 Å². The molecule has 2 fully saturated rings. The van der Waals surface area contributed by atoms with E-state index in [4.69, 9.17) is 10.2 Å². The largest absolute Gasteiger partial charge is 0.383 e. The molecule has 5 rings (SSSR count). The standard InChI is InChI=1S/C29H33N5O4/c1-3-28(4-2)18-33(16-20-7-5-19(15-30)6-8-20)14-13-29(28,38)24-11-9-21-22(31-24)17-34(27(21)37)23-10-12-25(35)32-26(23)36/h5-9,11,23,38H,3-4,10,12-14,16-18H2,1-2H3,(H,32,35,36)/t23-,29+/m0/s1. The van der Waals surface area contributed by atoms with Crippen molar-refractivity contribution in [2.75, 3.05) is 13.1 Å². The fourth-order valence-electron chi connectivity index (χ4n) is 6.43. The summed E-state index contributed by atoms with van der Waals surface area (Å²) in [7, 11) is 0. The Hall–Kier alpha value is -3.61. The molecule has 1 aromatic carbocycles. The number of imide groups is 1. The fourth-order valence-corrected chi connectivity index (χ4v) is 6.43. The van der Waals surface area contributed by atoms with Crippen LogP contribution in [0.1, 0.15) is 78.8 Å². The van der Waals surface area contributed by atoms with E-state index in [2.05, 4.69) is 30.1 Å². The van der Waals surface area contributed by atoms with Crippen LogP contribution in [0.25, 0.3) is 0 Å². The van der Waals surface area contributed by atoms with E-state index in [1.54, 1.807) is 12.1 Å². The van der Waals surface area contributed by atoms with Crippen molar-refractivity contribution in [2.24, 2.45) is 5.41 Å². The zero-order valence-electron chi connectivity index (χ0n) is 21.9. The number of fused-ring (bicyclic) bond motifs is 1. The Balaban J connectivity index is 1.38. The van der Waals surface area contributed by atoms with Gasteiger partial charge >= 0.3 is 0 Å². The second kappa shape index (κ2) is 9.93. The van der Waals surface area contributed by atoms with Crippen molar-refractivity contribution < 1.29 is 19.5 Å². The maximum absolute atomic E-state index is 13.1. The van der Waals surface area contributed by atoms with Crippen molar-refractivity contribution in [1.82, 2.24) is 20.1 Å². The molecule has 0 aliphatic carbocycles. The van der Waals surface area contributed by atoms with Crippen LogP contribution in [-0.2, 0) is 28.3 Å². The summed E-state index contributed by atoms with van der Waals surface area (Å²) >= 11 is 0. The lowest BCUT2D eigenvalue weighted by molar-refractivity contribution is -0.151. The number of benzene rings is 1. The number of likely N-dealkylation sites (tertiary alicyclic amines) is 1. The molecule has 9 heteroatoms. The highest BCUT2D eigenvalue weighted by atomic mass is 16.3. The second-order valence-electron chi connectivity index (χ2n) is 10.7. The zero-order valence-corrected chi connectivity index (χ0v) is 21.9. The smallest absolute Gasteiger partial charge is 0.256 e. The number of hydrogen-bond acceptors (Lipinski definition) is 7. The van der Waals surface area contributed by atoms with Gasteiger partial charge in [0, 0.05) is 31.5 Å². The van der Waals surface area contributed by atoms with Crippen LogP contribution in [0.3, 0.4) is 0 Å². The summed E-state index contributed by atoms with van der Waals surface area (Å²) in [5, 5.41) is 23.7. The third kappa shape index (κ3) is 4.28. The summed E-state index contributed by atoms with van der Waals surface area (Å²) in [5.41, 5.74) is 1.72. The number of nitriles is 1. The third-order valence-electron chi connectivity index (χ3n) is 8.83. The molecule has 9 nitrogen and oxygen atoms in total. The molecule has 2 aromatic rings. The molecule has 3 aliphatic heterocycles. The molecule has 4 heterocycles. The number of hydrogen-bond donors (Lipinski definition) is 2. The van der Waals surface area contributed by atoms with Gasteiger partial charge < -0.3 is 10.0 Å². The number of pyridine rings is 1. The number of rotatable bonds is 6. The summed E-state index contributed by atoms with van der Waals surface area (Å²) in [6.07, 6.45) is 2.50. The molecule has 2 atom stereocenters. The van der Waals surface area contributed by atoms with Gasteiger partial charge in [0.1, 0.15) is 11.6 Å². The molecule has 2 saturated heterocycles. The zero-order chi connectivity index (χ0) is 27.1. The lowest BCUT2D eigenvalue weighted by Crippen LogP contribution is -2.57. The topological polar surface area (TPSA) is 127 Å². The van der Waals surface area contributed by atoms with Crippen LogP contribution >= 0.6 is 0 Å². The van der Waals surface area contributed by atoms with E-state index in [1.165, 1.54) is 4.90 Å².